The molecule has 6 heteroatoms. The third-order valence-electron chi connectivity index (χ3n) is 6.29. The van der Waals surface area contributed by atoms with Crippen LogP contribution in [0, 0.1) is 35.5 Å². The number of hydrogen-bond acceptors (Lipinski definition) is 5. The molecule has 1 saturated heterocycles. The summed E-state index contributed by atoms with van der Waals surface area (Å²) < 4.78 is 5.21. The van der Waals surface area contributed by atoms with Gasteiger partial charge in [0.25, 0.3) is 0 Å². The normalized spacial score (nSPS) is 35.9. The molecular weight excluding hydrogens is 334 g/mol. The largest absolute Gasteiger partial charge is 0.425 e. The summed E-state index contributed by atoms with van der Waals surface area (Å²) in [5.41, 5.74) is 0.473. The zero-order chi connectivity index (χ0) is 18.0. The van der Waals surface area contributed by atoms with Crippen molar-refractivity contribution >= 4 is 24.1 Å². The molecule has 132 valence electrons. The molecule has 2 amide bonds. The summed E-state index contributed by atoms with van der Waals surface area (Å²) in [6, 6.07) is 6.08. The molecule has 2 saturated carbocycles. The minimum absolute atomic E-state index is 0.142. The lowest BCUT2D eigenvalue weighted by Crippen LogP contribution is -2.40. The minimum Gasteiger partial charge on any atom is -0.425 e. The summed E-state index contributed by atoms with van der Waals surface area (Å²) in [6.07, 6.45) is 6.00. The molecule has 26 heavy (non-hydrogen) atoms. The number of ether oxygens (including phenoxy) is 1. The molecule has 0 radical (unpaired) electrons. The monoisotopic (exact) mass is 351 g/mol. The van der Waals surface area contributed by atoms with Gasteiger partial charge in [-0.15, -0.1) is 0 Å². The zero-order valence-electron chi connectivity index (χ0n) is 13.9. The highest BCUT2D eigenvalue weighted by Gasteiger charge is 2.67. The van der Waals surface area contributed by atoms with Crippen molar-refractivity contribution in [3.63, 3.8) is 0 Å². The maximum absolute atomic E-state index is 12.8. The van der Waals surface area contributed by atoms with E-state index >= 15 is 0 Å². The highest BCUT2D eigenvalue weighted by molar-refractivity contribution is 6.08. The fraction of sp³-hybridized carbons (Fsp3) is 0.400. The first-order valence-electron chi connectivity index (χ1n) is 8.88. The Morgan fingerprint density at radius 2 is 1.62 bits per heavy atom. The summed E-state index contributed by atoms with van der Waals surface area (Å²) in [5.74, 6) is -0.114. The van der Waals surface area contributed by atoms with E-state index in [1.54, 1.807) is 0 Å². The number of amides is 2. The maximum Gasteiger partial charge on any atom is 0.331 e. The minimum atomic E-state index is -0.658. The SMILES string of the molecule is O=Cc1ccc(OC(=O)CN2C(=O)[C@@H]3[C@H]4C=C[C@@H]([C@@H]5C[C@@H]45)[C@@H]3C2=O)cc1. The molecule has 5 aliphatic rings. The van der Waals surface area contributed by atoms with E-state index in [4.69, 9.17) is 4.74 Å². The number of aldehydes is 1. The van der Waals surface area contributed by atoms with Crippen molar-refractivity contribution in [1.29, 1.82) is 0 Å². The molecule has 3 fully saturated rings. The van der Waals surface area contributed by atoms with Gasteiger partial charge < -0.3 is 4.74 Å². The lowest BCUT2D eigenvalue weighted by Gasteiger charge is -2.37. The molecule has 1 aliphatic heterocycles. The number of allylic oxidation sites excluding steroid dienone is 2. The fourth-order valence-electron chi connectivity index (χ4n) is 5.08. The molecule has 0 unspecified atom stereocenters. The van der Waals surface area contributed by atoms with Crippen LogP contribution >= 0.6 is 0 Å². The van der Waals surface area contributed by atoms with E-state index < -0.39 is 5.97 Å². The van der Waals surface area contributed by atoms with Gasteiger partial charge in [-0.3, -0.25) is 19.3 Å². The van der Waals surface area contributed by atoms with Crippen LogP contribution in [0.5, 0.6) is 5.75 Å². The van der Waals surface area contributed by atoms with Crippen LogP contribution in [0.1, 0.15) is 16.8 Å². The van der Waals surface area contributed by atoms with Crippen LogP contribution in [-0.2, 0) is 14.4 Å². The molecule has 1 aromatic rings. The number of carbonyl (C=O) groups excluding carboxylic acids is 4. The predicted molar refractivity (Wildman–Crippen MR) is 88.9 cm³/mol. The van der Waals surface area contributed by atoms with E-state index in [0.29, 0.717) is 23.7 Å². The summed E-state index contributed by atoms with van der Waals surface area (Å²) in [4.78, 5) is 49.6. The van der Waals surface area contributed by atoms with Crippen LogP contribution < -0.4 is 4.74 Å². The van der Waals surface area contributed by atoms with Crippen molar-refractivity contribution in [1.82, 2.24) is 4.90 Å². The average molecular weight is 351 g/mol. The van der Waals surface area contributed by atoms with Gasteiger partial charge in [0, 0.05) is 5.56 Å². The molecule has 1 aromatic carbocycles. The third kappa shape index (κ3) is 2.11. The van der Waals surface area contributed by atoms with E-state index in [9.17, 15) is 19.2 Å². The van der Waals surface area contributed by atoms with Gasteiger partial charge in [0.15, 0.2) is 0 Å². The number of benzene rings is 1. The second-order valence-electron chi connectivity index (χ2n) is 7.58. The molecule has 0 aromatic heterocycles. The Labute approximate surface area is 149 Å². The number of nitrogens with zero attached hydrogens (tertiary/aromatic N) is 1. The quantitative estimate of drug-likeness (QED) is 0.270. The van der Waals surface area contributed by atoms with Crippen LogP contribution in [0.4, 0.5) is 0 Å². The number of imide groups is 1. The first-order chi connectivity index (χ1) is 12.6. The molecule has 0 N–H and O–H groups in total. The van der Waals surface area contributed by atoms with Crippen molar-refractivity contribution in [2.75, 3.05) is 6.54 Å². The highest BCUT2D eigenvalue weighted by atomic mass is 16.5. The highest BCUT2D eigenvalue weighted by Crippen LogP contribution is 2.65. The average Bonchev–Trinajstić information content (AvgIpc) is 3.43. The zero-order valence-corrected chi connectivity index (χ0v) is 13.9. The standard InChI is InChI=1S/C20H17NO5/c22-9-10-1-3-11(4-2-10)26-16(23)8-21-19(24)17-12-5-6-13(15-7-14(12)15)18(17)20(21)25/h1-6,9,12-15,17-18H,7-8H2/t12-,13-,14-,15-,17-,18+/m0/s1. The molecule has 6 atom stereocenters. The smallest absolute Gasteiger partial charge is 0.331 e. The number of rotatable bonds is 4. The molecule has 6 rings (SSSR count). The summed E-state index contributed by atoms with van der Waals surface area (Å²) in [6.45, 7) is -0.366. The molecule has 6 nitrogen and oxygen atoms in total. The number of esters is 1. The fourth-order valence-corrected chi connectivity index (χ4v) is 5.08. The van der Waals surface area contributed by atoms with Crippen molar-refractivity contribution < 1.29 is 23.9 Å². The van der Waals surface area contributed by atoms with Crippen LogP contribution in [0.2, 0.25) is 0 Å². The Balaban J connectivity index is 1.30. The van der Waals surface area contributed by atoms with Crippen LogP contribution in [0.25, 0.3) is 0 Å². The summed E-state index contributed by atoms with van der Waals surface area (Å²) >= 11 is 0. The summed E-state index contributed by atoms with van der Waals surface area (Å²) in [5, 5.41) is 0. The lowest BCUT2D eigenvalue weighted by molar-refractivity contribution is -0.148. The number of carbonyl (C=O) groups is 4. The Morgan fingerprint density at radius 1 is 1.04 bits per heavy atom. The maximum atomic E-state index is 12.8. The Morgan fingerprint density at radius 3 is 2.15 bits per heavy atom. The van der Waals surface area contributed by atoms with Crippen LogP contribution in [0.15, 0.2) is 36.4 Å². The first kappa shape index (κ1) is 15.5. The van der Waals surface area contributed by atoms with Gasteiger partial charge >= 0.3 is 5.97 Å². The van der Waals surface area contributed by atoms with Crippen LogP contribution in [0.3, 0.4) is 0 Å². The van der Waals surface area contributed by atoms with E-state index in [1.807, 2.05) is 0 Å². The number of hydrogen-bond donors (Lipinski definition) is 0. The topological polar surface area (TPSA) is 80.8 Å². The van der Waals surface area contributed by atoms with Gasteiger partial charge in [0.2, 0.25) is 11.8 Å². The van der Waals surface area contributed by atoms with Gasteiger partial charge in [0.05, 0.1) is 11.8 Å². The summed E-state index contributed by atoms with van der Waals surface area (Å²) in [7, 11) is 0. The van der Waals surface area contributed by atoms with Crippen molar-refractivity contribution in [3.05, 3.63) is 42.0 Å². The Bertz CT molecular complexity index is 821. The molecule has 1 heterocycles. The van der Waals surface area contributed by atoms with Crippen molar-refractivity contribution in [3.8, 4) is 5.75 Å². The molecule has 4 aliphatic carbocycles. The third-order valence-corrected chi connectivity index (χ3v) is 6.29. The van der Waals surface area contributed by atoms with Gasteiger partial charge in [0.1, 0.15) is 18.6 Å². The van der Waals surface area contributed by atoms with Crippen molar-refractivity contribution in [2.24, 2.45) is 35.5 Å². The molecule has 2 bridgehead atoms. The molecular formula is C20H17NO5. The Hall–Kier alpha value is -2.76. The van der Waals surface area contributed by atoms with Gasteiger partial charge in [-0.25, -0.2) is 4.79 Å². The van der Waals surface area contributed by atoms with E-state index in [1.165, 1.54) is 24.3 Å². The van der Waals surface area contributed by atoms with Crippen molar-refractivity contribution in [2.45, 2.75) is 6.42 Å². The van der Waals surface area contributed by atoms with Gasteiger partial charge in [-0.05, 0) is 54.4 Å². The van der Waals surface area contributed by atoms with E-state index in [-0.39, 0.29) is 47.8 Å². The number of likely N-dealkylation sites (tertiary alicyclic amines) is 1. The van der Waals surface area contributed by atoms with Gasteiger partial charge in [-0.1, -0.05) is 12.2 Å². The Kier molecular flexibility index (Phi) is 3.20. The van der Waals surface area contributed by atoms with Crippen LogP contribution in [-0.4, -0.2) is 35.5 Å². The predicted octanol–water partition coefficient (Wildman–Crippen LogP) is 1.46. The first-order valence-corrected chi connectivity index (χ1v) is 8.88. The lowest BCUT2D eigenvalue weighted by atomic mass is 9.63. The van der Waals surface area contributed by atoms with E-state index in [2.05, 4.69) is 12.2 Å². The second kappa shape index (κ2) is 5.37. The molecule has 0 spiro atoms. The second-order valence-corrected chi connectivity index (χ2v) is 7.58. The van der Waals surface area contributed by atoms with Gasteiger partial charge in [-0.2, -0.15) is 0 Å². The van der Waals surface area contributed by atoms with E-state index in [0.717, 1.165) is 11.3 Å².